The van der Waals surface area contributed by atoms with Gasteiger partial charge in [0.2, 0.25) is 0 Å². The molecule has 3 rings (SSSR count). The van der Waals surface area contributed by atoms with Gasteiger partial charge in [0.25, 0.3) is 0 Å². The van der Waals surface area contributed by atoms with Gasteiger partial charge in [-0.1, -0.05) is 24.3 Å². The first-order chi connectivity index (χ1) is 9.33. The van der Waals surface area contributed by atoms with E-state index >= 15 is 0 Å². The van der Waals surface area contributed by atoms with Gasteiger partial charge in [0, 0.05) is 12.6 Å². The van der Waals surface area contributed by atoms with Crippen LogP contribution in [0, 0.1) is 6.92 Å². The molecule has 104 valence electrons. The Labute approximate surface area is 117 Å². The number of aryl methyl sites for hydroxylation is 1. The second-order valence-electron chi connectivity index (χ2n) is 6.18. The lowest BCUT2D eigenvalue weighted by Gasteiger charge is -2.36. The lowest BCUT2D eigenvalue weighted by molar-refractivity contribution is 0.122. The van der Waals surface area contributed by atoms with Crippen molar-refractivity contribution in [1.82, 2.24) is 9.80 Å². The molecule has 19 heavy (non-hydrogen) atoms. The molecule has 1 aromatic rings. The average Bonchev–Trinajstić information content (AvgIpc) is 2.96. The third-order valence-electron chi connectivity index (χ3n) is 4.87. The van der Waals surface area contributed by atoms with Crippen LogP contribution in [-0.4, -0.2) is 42.0 Å². The van der Waals surface area contributed by atoms with Crippen molar-refractivity contribution in [3.05, 3.63) is 35.4 Å². The maximum Gasteiger partial charge on any atom is 0.0236 e. The molecule has 0 unspecified atom stereocenters. The average molecular weight is 258 g/mol. The molecule has 0 saturated carbocycles. The molecular formula is C17H26N2. The zero-order chi connectivity index (χ0) is 13.1. The first-order valence-electron chi connectivity index (χ1n) is 7.84. The van der Waals surface area contributed by atoms with Crippen LogP contribution in [0.2, 0.25) is 0 Å². The van der Waals surface area contributed by atoms with E-state index in [4.69, 9.17) is 0 Å². The summed E-state index contributed by atoms with van der Waals surface area (Å²) in [5.74, 6) is 0. The Morgan fingerprint density at radius 2 is 1.68 bits per heavy atom. The fourth-order valence-corrected chi connectivity index (χ4v) is 3.58. The van der Waals surface area contributed by atoms with Crippen molar-refractivity contribution in [2.75, 3.05) is 26.2 Å². The van der Waals surface area contributed by atoms with Crippen LogP contribution in [-0.2, 0) is 6.54 Å². The summed E-state index contributed by atoms with van der Waals surface area (Å²) in [7, 11) is 0. The van der Waals surface area contributed by atoms with Crippen LogP contribution in [0.3, 0.4) is 0 Å². The van der Waals surface area contributed by atoms with Crippen LogP contribution in [0.15, 0.2) is 24.3 Å². The van der Waals surface area contributed by atoms with Gasteiger partial charge in [-0.05, 0) is 69.9 Å². The third-order valence-corrected chi connectivity index (χ3v) is 4.87. The minimum atomic E-state index is 0.871. The van der Waals surface area contributed by atoms with Gasteiger partial charge in [0.15, 0.2) is 0 Å². The van der Waals surface area contributed by atoms with Gasteiger partial charge in [0.1, 0.15) is 0 Å². The molecule has 0 N–H and O–H groups in total. The van der Waals surface area contributed by atoms with Gasteiger partial charge in [0.05, 0.1) is 0 Å². The molecule has 0 spiro atoms. The second kappa shape index (κ2) is 6.06. The number of likely N-dealkylation sites (tertiary alicyclic amines) is 2. The predicted molar refractivity (Wildman–Crippen MR) is 80.3 cm³/mol. The highest BCUT2D eigenvalue weighted by Gasteiger charge is 2.26. The number of hydrogen-bond donors (Lipinski definition) is 0. The number of hydrogen-bond acceptors (Lipinski definition) is 2. The summed E-state index contributed by atoms with van der Waals surface area (Å²) in [5.41, 5.74) is 2.94. The van der Waals surface area contributed by atoms with Gasteiger partial charge >= 0.3 is 0 Å². The molecule has 2 aliphatic rings. The van der Waals surface area contributed by atoms with Gasteiger partial charge in [-0.15, -0.1) is 0 Å². The van der Waals surface area contributed by atoms with E-state index in [2.05, 4.69) is 41.0 Å². The molecule has 0 amide bonds. The summed E-state index contributed by atoms with van der Waals surface area (Å²) in [6.07, 6.45) is 5.57. The Bertz CT molecular complexity index is 401. The number of rotatable bonds is 3. The number of benzene rings is 1. The second-order valence-corrected chi connectivity index (χ2v) is 6.18. The zero-order valence-electron chi connectivity index (χ0n) is 12.1. The molecule has 2 aliphatic heterocycles. The van der Waals surface area contributed by atoms with Crippen LogP contribution in [0.5, 0.6) is 0 Å². The quantitative estimate of drug-likeness (QED) is 0.822. The van der Waals surface area contributed by atoms with Crippen molar-refractivity contribution in [2.24, 2.45) is 0 Å². The van der Waals surface area contributed by atoms with Gasteiger partial charge in [-0.3, -0.25) is 4.90 Å². The molecule has 2 saturated heterocycles. The van der Waals surface area contributed by atoms with E-state index in [9.17, 15) is 0 Å². The highest BCUT2D eigenvalue weighted by Crippen LogP contribution is 2.22. The van der Waals surface area contributed by atoms with Gasteiger partial charge in [-0.25, -0.2) is 0 Å². The molecular weight excluding hydrogens is 232 g/mol. The maximum atomic E-state index is 2.73. The molecule has 0 atom stereocenters. The summed E-state index contributed by atoms with van der Waals surface area (Å²) >= 11 is 0. The van der Waals surface area contributed by atoms with E-state index < -0.39 is 0 Å². The molecule has 2 fully saturated rings. The lowest BCUT2D eigenvalue weighted by Crippen LogP contribution is -2.43. The molecule has 2 nitrogen and oxygen atoms in total. The maximum absolute atomic E-state index is 2.73. The Balaban J connectivity index is 1.51. The smallest absolute Gasteiger partial charge is 0.0236 e. The Morgan fingerprint density at radius 1 is 1.00 bits per heavy atom. The Hall–Kier alpha value is -0.860. The first-order valence-corrected chi connectivity index (χ1v) is 7.84. The fourth-order valence-electron chi connectivity index (χ4n) is 3.58. The SMILES string of the molecule is Cc1ccccc1CN1CCC(N2CCCC2)CC1. The van der Waals surface area contributed by atoms with Crippen molar-refractivity contribution >= 4 is 0 Å². The Morgan fingerprint density at radius 3 is 2.37 bits per heavy atom. The molecule has 2 heterocycles. The monoisotopic (exact) mass is 258 g/mol. The minimum absolute atomic E-state index is 0.871. The van der Waals surface area contributed by atoms with Crippen LogP contribution in [0.4, 0.5) is 0 Å². The van der Waals surface area contributed by atoms with E-state index in [-0.39, 0.29) is 0 Å². The molecule has 0 bridgehead atoms. The first kappa shape index (κ1) is 13.1. The van der Waals surface area contributed by atoms with Crippen LogP contribution in [0.1, 0.15) is 36.8 Å². The summed E-state index contributed by atoms with van der Waals surface area (Å²) in [4.78, 5) is 5.36. The molecule has 2 heteroatoms. The summed E-state index contributed by atoms with van der Waals surface area (Å²) < 4.78 is 0. The minimum Gasteiger partial charge on any atom is -0.300 e. The van der Waals surface area contributed by atoms with Crippen molar-refractivity contribution in [3.63, 3.8) is 0 Å². The topological polar surface area (TPSA) is 6.48 Å². The van der Waals surface area contributed by atoms with Crippen molar-refractivity contribution in [1.29, 1.82) is 0 Å². The summed E-state index contributed by atoms with van der Waals surface area (Å²) in [6.45, 7) is 8.61. The fraction of sp³-hybridized carbons (Fsp3) is 0.647. The molecule has 0 radical (unpaired) electrons. The largest absolute Gasteiger partial charge is 0.300 e. The van der Waals surface area contributed by atoms with Crippen molar-refractivity contribution < 1.29 is 0 Å². The summed E-state index contributed by atoms with van der Waals surface area (Å²) in [5, 5.41) is 0. The van der Waals surface area contributed by atoms with E-state index in [1.807, 2.05) is 0 Å². The molecule has 0 aromatic heterocycles. The van der Waals surface area contributed by atoms with E-state index in [0.29, 0.717) is 0 Å². The number of nitrogens with zero attached hydrogens (tertiary/aromatic N) is 2. The van der Waals surface area contributed by atoms with Crippen LogP contribution >= 0.6 is 0 Å². The molecule has 1 aromatic carbocycles. The van der Waals surface area contributed by atoms with Crippen LogP contribution in [0.25, 0.3) is 0 Å². The van der Waals surface area contributed by atoms with E-state index in [1.165, 1.54) is 63.0 Å². The van der Waals surface area contributed by atoms with E-state index in [1.54, 1.807) is 0 Å². The Kier molecular flexibility index (Phi) is 4.19. The highest BCUT2D eigenvalue weighted by molar-refractivity contribution is 5.25. The van der Waals surface area contributed by atoms with Crippen LogP contribution < -0.4 is 0 Å². The van der Waals surface area contributed by atoms with Crippen molar-refractivity contribution in [2.45, 2.75) is 45.2 Å². The highest BCUT2D eigenvalue weighted by atomic mass is 15.2. The number of piperidine rings is 1. The van der Waals surface area contributed by atoms with Crippen molar-refractivity contribution in [3.8, 4) is 0 Å². The lowest BCUT2D eigenvalue weighted by atomic mass is 10.0. The molecule has 0 aliphatic carbocycles. The van der Waals surface area contributed by atoms with Gasteiger partial charge < -0.3 is 4.90 Å². The third kappa shape index (κ3) is 3.18. The van der Waals surface area contributed by atoms with Gasteiger partial charge in [-0.2, -0.15) is 0 Å². The predicted octanol–water partition coefficient (Wildman–Crippen LogP) is 3.06. The standard InChI is InChI=1S/C17H26N2/c1-15-6-2-3-7-16(15)14-18-12-8-17(9-13-18)19-10-4-5-11-19/h2-3,6-7,17H,4-5,8-14H2,1H3. The normalized spacial score (nSPS) is 23.0. The van der Waals surface area contributed by atoms with E-state index in [0.717, 1.165) is 12.6 Å². The zero-order valence-corrected chi connectivity index (χ0v) is 12.1. The summed E-state index contributed by atoms with van der Waals surface area (Å²) in [6, 6.07) is 9.68.